The molecule has 0 bridgehead atoms. The summed E-state index contributed by atoms with van der Waals surface area (Å²) in [7, 11) is 0. The maximum absolute atomic E-state index is 13.3. The molecule has 106 valence electrons. The van der Waals surface area contributed by atoms with Gasteiger partial charge < -0.3 is 5.73 Å². The number of hydrogen-bond acceptors (Lipinski definition) is 2. The van der Waals surface area contributed by atoms with Crippen molar-refractivity contribution < 1.29 is 4.39 Å². The van der Waals surface area contributed by atoms with Gasteiger partial charge >= 0.3 is 0 Å². The summed E-state index contributed by atoms with van der Waals surface area (Å²) >= 11 is 1.71. The molecule has 0 saturated carbocycles. The lowest BCUT2D eigenvalue weighted by Crippen LogP contribution is -2.07. The van der Waals surface area contributed by atoms with Crippen molar-refractivity contribution in [1.29, 1.82) is 0 Å². The molecule has 0 aliphatic carbocycles. The van der Waals surface area contributed by atoms with Crippen LogP contribution >= 0.6 is 11.8 Å². The van der Waals surface area contributed by atoms with E-state index in [1.165, 1.54) is 28.8 Å². The lowest BCUT2D eigenvalue weighted by molar-refractivity contribution is 0.619. The Morgan fingerprint density at radius 1 is 1.10 bits per heavy atom. The van der Waals surface area contributed by atoms with Gasteiger partial charge in [0.15, 0.2) is 0 Å². The summed E-state index contributed by atoms with van der Waals surface area (Å²) in [5.74, 6) is 0.640. The molecule has 2 N–H and O–H groups in total. The first-order chi connectivity index (χ1) is 9.45. The van der Waals surface area contributed by atoms with Crippen LogP contribution in [-0.2, 0) is 5.75 Å². The minimum atomic E-state index is -0.229. The average molecular weight is 289 g/mol. The summed E-state index contributed by atoms with van der Waals surface area (Å²) in [5.41, 5.74) is 10.6. The van der Waals surface area contributed by atoms with Crippen LogP contribution in [-0.4, -0.2) is 0 Å². The summed E-state index contributed by atoms with van der Waals surface area (Å²) in [5, 5.41) is 0. The van der Waals surface area contributed by atoms with Crippen molar-refractivity contribution in [3.63, 3.8) is 0 Å². The van der Waals surface area contributed by atoms with Crippen molar-refractivity contribution in [2.24, 2.45) is 5.73 Å². The first-order valence-corrected chi connectivity index (χ1v) is 7.69. The molecule has 0 aromatic heterocycles. The minimum absolute atomic E-state index is 0.160. The zero-order valence-corrected chi connectivity index (χ0v) is 12.9. The van der Waals surface area contributed by atoms with Crippen LogP contribution in [0.2, 0.25) is 0 Å². The van der Waals surface area contributed by atoms with E-state index < -0.39 is 0 Å². The van der Waals surface area contributed by atoms with E-state index in [-0.39, 0.29) is 11.9 Å². The van der Waals surface area contributed by atoms with Gasteiger partial charge in [-0.15, -0.1) is 11.8 Å². The Balaban J connectivity index is 2.18. The fraction of sp³-hybridized carbons (Fsp3) is 0.294. The van der Waals surface area contributed by atoms with E-state index in [1.54, 1.807) is 11.8 Å². The van der Waals surface area contributed by atoms with Crippen molar-refractivity contribution in [1.82, 2.24) is 0 Å². The van der Waals surface area contributed by atoms with Crippen LogP contribution in [0.3, 0.4) is 0 Å². The molecule has 1 atom stereocenters. The van der Waals surface area contributed by atoms with Crippen molar-refractivity contribution >= 4 is 11.8 Å². The molecule has 0 spiro atoms. The normalized spacial score (nSPS) is 12.4. The Labute approximate surface area is 124 Å². The molecule has 1 unspecified atom stereocenters. The number of aryl methyl sites for hydroxylation is 2. The first kappa shape index (κ1) is 15.1. The Hall–Kier alpha value is -1.32. The first-order valence-electron chi connectivity index (χ1n) is 6.70. The molecule has 0 radical (unpaired) electrons. The molecule has 2 aromatic rings. The highest BCUT2D eigenvalue weighted by molar-refractivity contribution is 7.98. The predicted molar refractivity (Wildman–Crippen MR) is 84.5 cm³/mol. The van der Waals surface area contributed by atoms with Crippen LogP contribution in [0.5, 0.6) is 0 Å². The molecule has 0 heterocycles. The van der Waals surface area contributed by atoms with Crippen LogP contribution in [0.4, 0.5) is 4.39 Å². The van der Waals surface area contributed by atoms with E-state index in [9.17, 15) is 4.39 Å². The summed E-state index contributed by atoms with van der Waals surface area (Å²) in [6.07, 6.45) is 0. The van der Waals surface area contributed by atoms with Crippen molar-refractivity contribution in [2.75, 3.05) is 0 Å². The number of halogens is 1. The zero-order valence-electron chi connectivity index (χ0n) is 12.1. The molecular formula is C17H20FNS. The van der Waals surface area contributed by atoms with Gasteiger partial charge in [-0.25, -0.2) is 4.39 Å². The van der Waals surface area contributed by atoms with Gasteiger partial charge in [0.25, 0.3) is 0 Å². The molecule has 0 amide bonds. The standard InChI is InChI=1S/C17H20FNS/c1-11-6-12(2)8-14(7-11)10-20-17-5-4-15(18)9-16(17)13(3)19/h4-9,13H,10,19H2,1-3H3. The quantitative estimate of drug-likeness (QED) is 0.822. The lowest BCUT2D eigenvalue weighted by Gasteiger charge is -2.13. The molecular weight excluding hydrogens is 269 g/mol. The summed E-state index contributed by atoms with van der Waals surface area (Å²) in [6, 6.07) is 11.2. The highest BCUT2D eigenvalue weighted by Gasteiger charge is 2.09. The van der Waals surface area contributed by atoms with Crippen LogP contribution < -0.4 is 5.73 Å². The second-order valence-electron chi connectivity index (χ2n) is 5.26. The Bertz CT molecular complexity index is 588. The van der Waals surface area contributed by atoms with Gasteiger partial charge in [-0.1, -0.05) is 29.3 Å². The van der Waals surface area contributed by atoms with Crippen molar-refractivity contribution in [2.45, 2.75) is 37.5 Å². The minimum Gasteiger partial charge on any atom is -0.324 e. The van der Waals surface area contributed by atoms with Gasteiger partial charge in [0.05, 0.1) is 0 Å². The molecule has 3 heteroatoms. The third-order valence-corrected chi connectivity index (χ3v) is 4.30. The van der Waals surface area contributed by atoms with E-state index in [0.717, 1.165) is 16.2 Å². The molecule has 1 nitrogen and oxygen atoms in total. The van der Waals surface area contributed by atoms with E-state index in [1.807, 2.05) is 13.0 Å². The Kier molecular flexibility index (Phi) is 4.84. The topological polar surface area (TPSA) is 26.0 Å². The highest BCUT2D eigenvalue weighted by atomic mass is 32.2. The van der Waals surface area contributed by atoms with Gasteiger partial charge in [-0.05, 0) is 50.1 Å². The van der Waals surface area contributed by atoms with Gasteiger partial charge in [0, 0.05) is 16.7 Å². The Morgan fingerprint density at radius 2 is 1.75 bits per heavy atom. The molecule has 0 aliphatic rings. The fourth-order valence-corrected chi connectivity index (χ4v) is 3.38. The van der Waals surface area contributed by atoms with Gasteiger partial charge in [-0.2, -0.15) is 0 Å². The van der Waals surface area contributed by atoms with E-state index in [2.05, 4.69) is 32.0 Å². The van der Waals surface area contributed by atoms with E-state index in [4.69, 9.17) is 5.73 Å². The van der Waals surface area contributed by atoms with E-state index in [0.29, 0.717) is 0 Å². The number of thioether (sulfide) groups is 1. The van der Waals surface area contributed by atoms with Crippen LogP contribution in [0.25, 0.3) is 0 Å². The zero-order chi connectivity index (χ0) is 14.7. The van der Waals surface area contributed by atoms with Crippen LogP contribution in [0.15, 0.2) is 41.3 Å². The monoisotopic (exact) mass is 289 g/mol. The molecule has 0 aliphatic heterocycles. The third-order valence-electron chi connectivity index (χ3n) is 3.14. The molecule has 2 aromatic carbocycles. The van der Waals surface area contributed by atoms with Crippen molar-refractivity contribution in [3.8, 4) is 0 Å². The molecule has 20 heavy (non-hydrogen) atoms. The summed E-state index contributed by atoms with van der Waals surface area (Å²) in [6.45, 7) is 6.09. The summed E-state index contributed by atoms with van der Waals surface area (Å²) in [4.78, 5) is 1.06. The fourth-order valence-electron chi connectivity index (χ4n) is 2.32. The number of benzene rings is 2. The lowest BCUT2D eigenvalue weighted by atomic mass is 10.1. The van der Waals surface area contributed by atoms with Crippen LogP contribution in [0, 0.1) is 19.7 Å². The smallest absolute Gasteiger partial charge is 0.123 e. The maximum Gasteiger partial charge on any atom is 0.123 e. The molecule has 0 saturated heterocycles. The van der Waals surface area contributed by atoms with Gasteiger partial charge in [-0.3, -0.25) is 0 Å². The second kappa shape index (κ2) is 6.42. The third kappa shape index (κ3) is 3.84. The highest BCUT2D eigenvalue weighted by Crippen LogP contribution is 2.30. The van der Waals surface area contributed by atoms with E-state index >= 15 is 0 Å². The maximum atomic E-state index is 13.3. The average Bonchev–Trinajstić information content (AvgIpc) is 2.36. The predicted octanol–water partition coefficient (Wildman–Crippen LogP) is 4.75. The molecule has 0 fully saturated rings. The Morgan fingerprint density at radius 3 is 2.35 bits per heavy atom. The number of nitrogens with two attached hydrogens (primary N) is 1. The van der Waals surface area contributed by atoms with Crippen molar-refractivity contribution in [3.05, 3.63) is 64.5 Å². The largest absolute Gasteiger partial charge is 0.324 e. The van der Waals surface area contributed by atoms with Crippen LogP contribution in [0.1, 0.15) is 35.2 Å². The number of rotatable bonds is 4. The summed E-state index contributed by atoms with van der Waals surface area (Å²) < 4.78 is 13.3. The molecule has 2 rings (SSSR count). The number of hydrogen-bond donors (Lipinski definition) is 1. The second-order valence-corrected chi connectivity index (χ2v) is 6.27. The van der Waals surface area contributed by atoms with Gasteiger partial charge in [0.2, 0.25) is 0 Å². The SMILES string of the molecule is Cc1cc(C)cc(CSc2ccc(F)cc2C(C)N)c1. The van der Waals surface area contributed by atoms with Gasteiger partial charge in [0.1, 0.15) is 5.82 Å².